The van der Waals surface area contributed by atoms with Crippen molar-refractivity contribution in [3.05, 3.63) is 246 Å². The molecule has 3 aliphatic carbocycles. The van der Waals surface area contributed by atoms with Crippen molar-refractivity contribution in [3.8, 4) is 11.1 Å². The van der Waals surface area contributed by atoms with Gasteiger partial charge in [0.25, 0.3) is 0 Å². The highest BCUT2D eigenvalue weighted by Crippen LogP contribution is 2.38. The lowest BCUT2D eigenvalue weighted by Crippen LogP contribution is -2.16. The fraction of sp³-hybridized carbons (Fsp3) is 0.132. The number of hydrogen-bond donors (Lipinski definition) is 0. The van der Waals surface area contributed by atoms with E-state index in [-0.39, 0.29) is 0 Å². The van der Waals surface area contributed by atoms with E-state index in [0.717, 1.165) is 77.0 Å². The lowest BCUT2D eigenvalue weighted by Gasteiger charge is -2.28. The van der Waals surface area contributed by atoms with Crippen LogP contribution in [-0.4, -0.2) is 0 Å². The molecule has 3 aromatic carbocycles. The van der Waals surface area contributed by atoms with Gasteiger partial charge in [0.15, 0.2) is 0 Å². The second-order valence-electron chi connectivity index (χ2n) is 13.9. The zero-order valence-electron chi connectivity index (χ0n) is 31.8. The van der Waals surface area contributed by atoms with Crippen molar-refractivity contribution < 1.29 is 0 Å². The van der Waals surface area contributed by atoms with Crippen molar-refractivity contribution in [2.24, 2.45) is 0 Å². The second-order valence-corrected chi connectivity index (χ2v) is 13.9. The molecule has 0 aromatic heterocycles. The molecule has 1 nitrogen and oxygen atoms in total. The number of rotatable bonds is 9. The molecule has 54 heavy (non-hydrogen) atoms. The smallest absolute Gasteiger partial charge is 0.0467 e. The van der Waals surface area contributed by atoms with Crippen LogP contribution in [0, 0.1) is 0 Å². The average molecular weight is 702 g/mol. The first-order valence-electron chi connectivity index (χ1n) is 19.1. The molecule has 0 saturated carbocycles. The summed E-state index contributed by atoms with van der Waals surface area (Å²) in [6.45, 7) is 17.6. The number of hydrogen-bond acceptors (Lipinski definition) is 1. The van der Waals surface area contributed by atoms with Gasteiger partial charge in [-0.15, -0.1) is 0 Å². The molecule has 0 radical (unpaired) electrons. The molecule has 0 saturated heterocycles. The van der Waals surface area contributed by atoms with Crippen LogP contribution in [0.25, 0.3) is 16.7 Å². The van der Waals surface area contributed by atoms with E-state index in [2.05, 4.69) is 208 Å². The van der Waals surface area contributed by atoms with E-state index < -0.39 is 0 Å². The van der Waals surface area contributed by atoms with Crippen LogP contribution < -0.4 is 4.90 Å². The van der Waals surface area contributed by atoms with Crippen LogP contribution >= 0.6 is 0 Å². The van der Waals surface area contributed by atoms with Crippen molar-refractivity contribution in [1.29, 1.82) is 0 Å². The summed E-state index contributed by atoms with van der Waals surface area (Å²) in [5, 5.41) is 0. The van der Waals surface area contributed by atoms with Gasteiger partial charge in [0.2, 0.25) is 0 Å². The van der Waals surface area contributed by atoms with Gasteiger partial charge in [-0.1, -0.05) is 178 Å². The van der Waals surface area contributed by atoms with E-state index in [1.165, 1.54) is 33.4 Å². The summed E-state index contributed by atoms with van der Waals surface area (Å²) in [5.74, 6) is 0. The minimum atomic E-state index is 0.813. The van der Waals surface area contributed by atoms with Crippen LogP contribution in [0.15, 0.2) is 241 Å². The maximum absolute atomic E-state index is 4.75. The Morgan fingerprint density at radius 2 is 1.24 bits per heavy atom. The molecular weight excluding hydrogens is 651 g/mol. The number of nitrogens with zero attached hydrogens (tertiary/aromatic N) is 1. The lowest BCUT2D eigenvalue weighted by molar-refractivity contribution is 0.880. The summed E-state index contributed by atoms with van der Waals surface area (Å²) < 4.78 is 0. The first kappa shape index (κ1) is 37.6. The van der Waals surface area contributed by atoms with Gasteiger partial charge in [-0.2, -0.15) is 0 Å². The van der Waals surface area contributed by atoms with E-state index in [9.17, 15) is 0 Å². The predicted octanol–water partition coefficient (Wildman–Crippen LogP) is 14.9. The minimum Gasteiger partial charge on any atom is -0.310 e. The highest BCUT2D eigenvalue weighted by atomic mass is 15.1. The molecule has 0 aliphatic heterocycles. The lowest BCUT2D eigenvalue weighted by atomic mass is 9.91. The van der Waals surface area contributed by atoms with Crippen LogP contribution in [0.4, 0.5) is 11.4 Å². The molecule has 3 aliphatic rings. The van der Waals surface area contributed by atoms with Gasteiger partial charge in [0.1, 0.15) is 0 Å². The molecule has 1 heteroatoms. The third-order valence-electron chi connectivity index (χ3n) is 10.0. The van der Waals surface area contributed by atoms with Crippen LogP contribution in [0.3, 0.4) is 0 Å². The predicted molar refractivity (Wildman–Crippen MR) is 236 cm³/mol. The van der Waals surface area contributed by atoms with Crippen molar-refractivity contribution in [2.45, 2.75) is 46.0 Å². The molecule has 6 rings (SSSR count). The number of benzene rings is 3. The zero-order chi connectivity index (χ0) is 37.7. The highest BCUT2D eigenvalue weighted by Gasteiger charge is 2.19. The van der Waals surface area contributed by atoms with Crippen LogP contribution in [0.1, 0.15) is 51.5 Å². The Labute approximate surface area is 323 Å². The van der Waals surface area contributed by atoms with Gasteiger partial charge >= 0.3 is 0 Å². The molecule has 0 amide bonds. The standard InChI is InChI=1S/C53H51N/c1-6-20-48-28-19-30-52(48)43(5)53-39-51(29-15-10-8-7-9-12-22-42(53)4)54(49-35-31-46(32-36-49)44-24-13-11-14-25-44)50-37-33-47(34-38-50)45-26-17-16-21-40(2)41(3)23-18-27-45/h7-19,22-25,27,29-39H,2-3,5-6,20-21,26,28H2,1,4H3/b8-7?,9-7-,10-8+,12-9?,15-10?,17-16-,22-12-,23-18-,29-15?,42-22?,45-27+,51-29?,51-39?,53-39?,53-42+. The minimum absolute atomic E-state index is 0.813. The average Bonchev–Trinajstić information content (AvgIpc) is 3.66. The van der Waals surface area contributed by atoms with Crippen molar-refractivity contribution in [2.75, 3.05) is 4.90 Å². The number of allylic oxidation sites excluding steroid dienone is 24. The van der Waals surface area contributed by atoms with E-state index in [1.807, 2.05) is 0 Å². The summed E-state index contributed by atoms with van der Waals surface area (Å²) in [6, 6.07) is 28.4. The van der Waals surface area contributed by atoms with E-state index in [1.54, 1.807) is 0 Å². The Hall–Kier alpha value is -6.18. The Morgan fingerprint density at radius 1 is 0.611 bits per heavy atom. The SMILES string of the molecule is C=C1/C=C\C=C(\c2ccc(N(C3=C\C(C(=C)C4=C(CCC)CC=C4)=C(C)/C=C\C=C/C=C/C=C3)c3ccc(-c4ccccc4)cc3)cc2)C/C=C\CC1=C. The van der Waals surface area contributed by atoms with Crippen molar-refractivity contribution >= 4 is 16.9 Å². The first-order valence-corrected chi connectivity index (χ1v) is 19.1. The fourth-order valence-electron chi connectivity index (χ4n) is 6.97. The molecule has 268 valence electrons. The van der Waals surface area contributed by atoms with Gasteiger partial charge in [-0.3, -0.25) is 0 Å². The Morgan fingerprint density at radius 3 is 1.94 bits per heavy atom. The maximum atomic E-state index is 4.75. The normalized spacial score (nSPS) is 21.6. The molecule has 3 aromatic rings. The fourth-order valence-corrected chi connectivity index (χ4v) is 6.97. The van der Waals surface area contributed by atoms with Crippen LogP contribution in [-0.2, 0) is 0 Å². The van der Waals surface area contributed by atoms with Crippen LogP contribution in [0.5, 0.6) is 0 Å². The van der Waals surface area contributed by atoms with Gasteiger partial charge in [-0.25, -0.2) is 0 Å². The summed E-state index contributed by atoms with van der Waals surface area (Å²) in [4.78, 5) is 2.36. The Kier molecular flexibility index (Phi) is 12.9. The molecule has 0 bridgehead atoms. The van der Waals surface area contributed by atoms with E-state index >= 15 is 0 Å². The highest BCUT2D eigenvalue weighted by molar-refractivity contribution is 5.77. The first-order chi connectivity index (χ1) is 26.4. The monoisotopic (exact) mass is 701 g/mol. The number of anilines is 2. The zero-order valence-corrected chi connectivity index (χ0v) is 31.8. The van der Waals surface area contributed by atoms with Gasteiger partial charge < -0.3 is 4.90 Å². The van der Waals surface area contributed by atoms with Gasteiger partial charge in [-0.05, 0) is 125 Å². The quantitative estimate of drug-likeness (QED) is 0.201. The largest absolute Gasteiger partial charge is 0.310 e. The third-order valence-corrected chi connectivity index (χ3v) is 10.0. The summed E-state index contributed by atoms with van der Waals surface area (Å²) in [6.07, 6.45) is 39.4. The van der Waals surface area contributed by atoms with Crippen molar-refractivity contribution in [3.63, 3.8) is 0 Å². The molecule has 0 N–H and O–H groups in total. The molecule has 0 unspecified atom stereocenters. The maximum Gasteiger partial charge on any atom is 0.0467 e. The Balaban J connectivity index is 1.49. The van der Waals surface area contributed by atoms with Crippen LogP contribution in [0.2, 0.25) is 0 Å². The van der Waals surface area contributed by atoms with Crippen molar-refractivity contribution in [1.82, 2.24) is 0 Å². The van der Waals surface area contributed by atoms with Gasteiger partial charge in [0.05, 0.1) is 0 Å². The molecule has 0 atom stereocenters. The molecule has 0 spiro atoms. The van der Waals surface area contributed by atoms with E-state index in [0.29, 0.717) is 0 Å². The third kappa shape index (κ3) is 9.43. The topological polar surface area (TPSA) is 3.24 Å². The molecule has 0 fully saturated rings. The molecular formula is C53H51N. The van der Waals surface area contributed by atoms with Gasteiger partial charge in [0, 0.05) is 17.1 Å². The Bertz CT molecular complexity index is 2210. The molecule has 0 heterocycles. The summed E-state index contributed by atoms with van der Waals surface area (Å²) in [7, 11) is 0. The second kappa shape index (κ2) is 18.5. The summed E-state index contributed by atoms with van der Waals surface area (Å²) in [5.41, 5.74) is 16.1. The summed E-state index contributed by atoms with van der Waals surface area (Å²) >= 11 is 0. The van der Waals surface area contributed by atoms with E-state index in [4.69, 9.17) is 6.58 Å².